The van der Waals surface area contributed by atoms with E-state index < -0.39 is 5.41 Å². The normalized spacial score (nSPS) is 13.9. The van der Waals surface area contributed by atoms with Crippen LogP contribution in [0, 0.1) is 5.82 Å². The Hall–Kier alpha value is -2.03. The zero-order valence-corrected chi connectivity index (χ0v) is 10.1. The van der Waals surface area contributed by atoms with E-state index in [1.807, 2.05) is 25.1 Å². The van der Waals surface area contributed by atoms with Crippen molar-refractivity contribution in [2.24, 2.45) is 0 Å². The van der Waals surface area contributed by atoms with Crippen molar-refractivity contribution in [3.05, 3.63) is 65.7 Å². The standard InChI is InChI=1S/C15H14FNO/c1-15(11-18,10-14-4-2-3-9-17-14)12-5-7-13(16)8-6-12/h2-9,11H,10H2,1H3. The molecule has 0 aliphatic rings. The number of benzene rings is 1. The minimum absolute atomic E-state index is 0.301. The van der Waals surface area contributed by atoms with Crippen LogP contribution in [-0.2, 0) is 16.6 Å². The van der Waals surface area contributed by atoms with Gasteiger partial charge in [0.05, 0.1) is 5.41 Å². The van der Waals surface area contributed by atoms with Crippen molar-refractivity contribution in [3.63, 3.8) is 0 Å². The van der Waals surface area contributed by atoms with Crippen molar-refractivity contribution in [3.8, 4) is 0 Å². The summed E-state index contributed by atoms with van der Waals surface area (Å²) in [6.07, 6.45) is 3.10. The number of hydrogen-bond acceptors (Lipinski definition) is 2. The molecule has 2 aromatic rings. The summed E-state index contributed by atoms with van der Waals surface area (Å²) >= 11 is 0. The first kappa shape index (κ1) is 12.4. The highest BCUT2D eigenvalue weighted by Crippen LogP contribution is 2.25. The van der Waals surface area contributed by atoms with Crippen molar-refractivity contribution in [2.75, 3.05) is 0 Å². The molecule has 18 heavy (non-hydrogen) atoms. The molecule has 0 aliphatic carbocycles. The van der Waals surface area contributed by atoms with Gasteiger partial charge in [0.25, 0.3) is 0 Å². The second-order valence-electron chi connectivity index (χ2n) is 4.54. The number of hydrogen-bond donors (Lipinski definition) is 0. The molecule has 1 aromatic carbocycles. The van der Waals surface area contributed by atoms with Crippen LogP contribution in [0.2, 0.25) is 0 Å². The van der Waals surface area contributed by atoms with Gasteiger partial charge in [0, 0.05) is 18.3 Å². The molecule has 2 nitrogen and oxygen atoms in total. The number of nitrogens with zero attached hydrogens (tertiary/aromatic N) is 1. The van der Waals surface area contributed by atoms with Gasteiger partial charge < -0.3 is 4.79 Å². The van der Waals surface area contributed by atoms with Gasteiger partial charge in [-0.25, -0.2) is 4.39 Å². The molecule has 0 fully saturated rings. The summed E-state index contributed by atoms with van der Waals surface area (Å²) < 4.78 is 12.9. The fraction of sp³-hybridized carbons (Fsp3) is 0.200. The van der Waals surface area contributed by atoms with Crippen LogP contribution in [-0.4, -0.2) is 11.3 Å². The fourth-order valence-corrected chi connectivity index (χ4v) is 1.92. The Morgan fingerprint density at radius 2 is 1.94 bits per heavy atom. The predicted octanol–water partition coefficient (Wildman–Crippen LogP) is 2.92. The van der Waals surface area contributed by atoms with E-state index in [-0.39, 0.29) is 5.82 Å². The summed E-state index contributed by atoms with van der Waals surface area (Å²) in [4.78, 5) is 15.6. The zero-order chi connectivity index (χ0) is 13.0. The quantitative estimate of drug-likeness (QED) is 0.773. The van der Waals surface area contributed by atoms with Gasteiger partial charge >= 0.3 is 0 Å². The number of aldehydes is 1. The molecule has 0 saturated carbocycles. The molecule has 92 valence electrons. The van der Waals surface area contributed by atoms with E-state index in [1.54, 1.807) is 18.3 Å². The molecule has 0 spiro atoms. The van der Waals surface area contributed by atoms with Gasteiger partial charge in [0.15, 0.2) is 0 Å². The van der Waals surface area contributed by atoms with Crippen molar-refractivity contribution < 1.29 is 9.18 Å². The van der Waals surface area contributed by atoms with Crippen LogP contribution in [0.5, 0.6) is 0 Å². The monoisotopic (exact) mass is 243 g/mol. The lowest BCUT2D eigenvalue weighted by Crippen LogP contribution is -2.27. The Balaban J connectivity index is 2.30. The van der Waals surface area contributed by atoms with E-state index in [0.717, 1.165) is 17.5 Å². The summed E-state index contributed by atoms with van der Waals surface area (Å²) in [6.45, 7) is 1.84. The number of carbonyl (C=O) groups is 1. The first-order chi connectivity index (χ1) is 8.64. The number of halogens is 1. The van der Waals surface area contributed by atoms with E-state index in [2.05, 4.69) is 4.98 Å². The van der Waals surface area contributed by atoms with Crippen LogP contribution in [0.1, 0.15) is 18.2 Å². The van der Waals surface area contributed by atoms with Gasteiger partial charge in [-0.15, -0.1) is 0 Å². The van der Waals surface area contributed by atoms with Crippen molar-refractivity contribution in [1.29, 1.82) is 0 Å². The lowest BCUT2D eigenvalue weighted by molar-refractivity contribution is -0.112. The van der Waals surface area contributed by atoms with Crippen molar-refractivity contribution in [2.45, 2.75) is 18.8 Å². The molecule has 1 atom stereocenters. The number of pyridine rings is 1. The largest absolute Gasteiger partial charge is 0.302 e. The molecule has 0 N–H and O–H groups in total. The van der Waals surface area contributed by atoms with E-state index in [4.69, 9.17) is 0 Å². The summed E-state index contributed by atoms with van der Waals surface area (Å²) in [5.74, 6) is -0.301. The van der Waals surface area contributed by atoms with E-state index >= 15 is 0 Å². The minimum Gasteiger partial charge on any atom is -0.302 e. The third kappa shape index (κ3) is 2.62. The van der Waals surface area contributed by atoms with E-state index in [9.17, 15) is 9.18 Å². The molecule has 0 radical (unpaired) electrons. The van der Waals surface area contributed by atoms with Gasteiger partial charge in [-0.3, -0.25) is 4.98 Å². The fourth-order valence-electron chi connectivity index (χ4n) is 1.92. The third-order valence-corrected chi connectivity index (χ3v) is 3.04. The number of carbonyl (C=O) groups excluding carboxylic acids is 1. The van der Waals surface area contributed by atoms with Crippen LogP contribution in [0.15, 0.2) is 48.7 Å². The maximum Gasteiger partial charge on any atom is 0.130 e. The van der Waals surface area contributed by atoms with E-state index in [0.29, 0.717) is 6.42 Å². The molecule has 0 saturated heterocycles. The first-order valence-electron chi connectivity index (χ1n) is 5.76. The summed E-state index contributed by atoms with van der Waals surface area (Å²) in [5.41, 5.74) is 0.961. The van der Waals surface area contributed by atoms with Crippen LogP contribution in [0.3, 0.4) is 0 Å². The zero-order valence-electron chi connectivity index (χ0n) is 10.1. The number of rotatable bonds is 4. The molecular weight excluding hydrogens is 229 g/mol. The molecule has 1 heterocycles. The van der Waals surface area contributed by atoms with Gasteiger partial charge in [-0.2, -0.15) is 0 Å². The van der Waals surface area contributed by atoms with Crippen molar-refractivity contribution >= 4 is 6.29 Å². The lowest BCUT2D eigenvalue weighted by Gasteiger charge is -2.23. The topological polar surface area (TPSA) is 30.0 Å². The molecule has 0 bridgehead atoms. The Morgan fingerprint density at radius 3 is 2.50 bits per heavy atom. The Bertz CT molecular complexity index is 524. The highest BCUT2D eigenvalue weighted by Gasteiger charge is 2.27. The average Bonchev–Trinajstić information content (AvgIpc) is 2.40. The Morgan fingerprint density at radius 1 is 1.22 bits per heavy atom. The molecule has 2 rings (SSSR count). The molecule has 1 aromatic heterocycles. The van der Waals surface area contributed by atoms with Gasteiger partial charge in [0.1, 0.15) is 12.1 Å². The van der Waals surface area contributed by atoms with E-state index in [1.165, 1.54) is 12.1 Å². The minimum atomic E-state index is -0.679. The average molecular weight is 243 g/mol. The molecule has 0 amide bonds. The summed E-state index contributed by atoms with van der Waals surface area (Å²) in [5, 5.41) is 0. The lowest BCUT2D eigenvalue weighted by atomic mass is 9.80. The molecular formula is C15H14FNO. The first-order valence-corrected chi connectivity index (χ1v) is 5.76. The molecule has 3 heteroatoms. The number of aromatic nitrogens is 1. The highest BCUT2D eigenvalue weighted by molar-refractivity contribution is 5.68. The van der Waals surface area contributed by atoms with Crippen LogP contribution in [0.4, 0.5) is 4.39 Å². The van der Waals surface area contributed by atoms with Gasteiger partial charge in [-0.1, -0.05) is 18.2 Å². The molecule has 0 aliphatic heterocycles. The predicted molar refractivity (Wildman–Crippen MR) is 67.8 cm³/mol. The SMILES string of the molecule is CC(C=O)(Cc1ccccn1)c1ccc(F)cc1. The van der Waals surface area contributed by atoms with Crippen molar-refractivity contribution in [1.82, 2.24) is 4.98 Å². The van der Waals surface area contributed by atoms with Crippen LogP contribution in [0.25, 0.3) is 0 Å². The maximum atomic E-state index is 12.9. The molecule has 1 unspecified atom stereocenters. The highest BCUT2D eigenvalue weighted by atomic mass is 19.1. The Labute approximate surface area is 105 Å². The second kappa shape index (κ2) is 5.08. The van der Waals surface area contributed by atoms with Gasteiger partial charge in [-0.05, 0) is 36.8 Å². The summed E-state index contributed by atoms with van der Waals surface area (Å²) in [7, 11) is 0. The maximum absolute atomic E-state index is 12.9. The summed E-state index contributed by atoms with van der Waals surface area (Å²) in [6, 6.07) is 11.6. The Kier molecular flexibility index (Phi) is 3.51. The third-order valence-electron chi connectivity index (χ3n) is 3.04. The van der Waals surface area contributed by atoms with Crippen LogP contribution >= 0.6 is 0 Å². The smallest absolute Gasteiger partial charge is 0.130 e. The van der Waals surface area contributed by atoms with Crippen LogP contribution < -0.4 is 0 Å². The van der Waals surface area contributed by atoms with Gasteiger partial charge in [0.2, 0.25) is 0 Å². The second-order valence-corrected chi connectivity index (χ2v) is 4.54.